The zero-order valence-corrected chi connectivity index (χ0v) is 10.1. The molecule has 2 aromatic carbocycles. The van der Waals surface area contributed by atoms with Crippen molar-refractivity contribution in [2.75, 3.05) is 6.61 Å². The fourth-order valence-corrected chi connectivity index (χ4v) is 2.63. The van der Waals surface area contributed by atoms with Gasteiger partial charge in [0.05, 0.1) is 0 Å². The maximum atomic E-state index is 5.49. The second-order valence-corrected chi connectivity index (χ2v) is 4.50. The van der Waals surface area contributed by atoms with Gasteiger partial charge in [-0.05, 0) is 28.8 Å². The zero-order chi connectivity index (χ0) is 12.5. The molecule has 2 N–H and O–H groups in total. The van der Waals surface area contributed by atoms with Gasteiger partial charge in [-0.3, -0.25) is 0 Å². The molecule has 0 amide bonds. The first-order valence-corrected chi connectivity index (χ1v) is 6.03. The normalized spacial score (nSPS) is 12.9. The summed E-state index contributed by atoms with van der Waals surface area (Å²) in [6.45, 7) is 4.13. The van der Waals surface area contributed by atoms with Crippen LogP contribution >= 0.6 is 0 Å². The standard InChI is InChI=1S/C16H15NO/c1-11(17)18-10-16-14-8-4-2-6-12(14)13-7-3-5-9-15(13)16/h2-9,16H,1,10,17H2. The fraction of sp³-hybridized carbons (Fsp3) is 0.125. The Kier molecular flexibility index (Phi) is 2.56. The van der Waals surface area contributed by atoms with Crippen molar-refractivity contribution in [1.82, 2.24) is 0 Å². The largest absolute Gasteiger partial charge is 0.479 e. The molecule has 0 spiro atoms. The number of benzene rings is 2. The minimum Gasteiger partial charge on any atom is -0.479 e. The van der Waals surface area contributed by atoms with E-state index in [1.807, 2.05) is 0 Å². The van der Waals surface area contributed by atoms with Crippen molar-refractivity contribution in [3.05, 3.63) is 72.1 Å². The summed E-state index contributed by atoms with van der Waals surface area (Å²) in [6.07, 6.45) is 0. The lowest BCUT2D eigenvalue weighted by molar-refractivity contribution is 0.202. The van der Waals surface area contributed by atoms with E-state index >= 15 is 0 Å². The molecule has 0 heterocycles. The van der Waals surface area contributed by atoms with E-state index in [-0.39, 0.29) is 11.8 Å². The molecule has 2 heteroatoms. The number of hydrogen-bond donors (Lipinski definition) is 1. The predicted octanol–water partition coefficient (Wildman–Crippen LogP) is 3.25. The zero-order valence-electron chi connectivity index (χ0n) is 10.1. The molecule has 1 aliphatic rings. The van der Waals surface area contributed by atoms with Gasteiger partial charge < -0.3 is 10.5 Å². The molecule has 0 saturated heterocycles. The van der Waals surface area contributed by atoms with E-state index in [0.29, 0.717) is 6.61 Å². The first-order chi connectivity index (χ1) is 8.77. The molecule has 1 aliphatic carbocycles. The number of rotatable bonds is 3. The summed E-state index contributed by atoms with van der Waals surface area (Å²) in [5.74, 6) is 0.523. The summed E-state index contributed by atoms with van der Waals surface area (Å²) in [5, 5.41) is 0. The van der Waals surface area contributed by atoms with Gasteiger partial charge in [0.25, 0.3) is 0 Å². The van der Waals surface area contributed by atoms with Crippen LogP contribution in [0, 0.1) is 0 Å². The molecular weight excluding hydrogens is 222 g/mol. The second-order valence-electron chi connectivity index (χ2n) is 4.50. The first-order valence-electron chi connectivity index (χ1n) is 6.03. The third kappa shape index (κ3) is 1.66. The quantitative estimate of drug-likeness (QED) is 0.832. The summed E-state index contributed by atoms with van der Waals surface area (Å²) in [6, 6.07) is 16.9. The molecule has 0 unspecified atom stereocenters. The maximum Gasteiger partial charge on any atom is 0.176 e. The molecule has 0 fully saturated rings. The Bertz CT molecular complexity index is 558. The molecule has 0 bridgehead atoms. The highest BCUT2D eigenvalue weighted by Crippen LogP contribution is 2.44. The van der Waals surface area contributed by atoms with E-state index in [0.717, 1.165) is 0 Å². The van der Waals surface area contributed by atoms with Crippen LogP contribution in [0.4, 0.5) is 0 Å². The van der Waals surface area contributed by atoms with E-state index < -0.39 is 0 Å². The Balaban J connectivity index is 2.06. The van der Waals surface area contributed by atoms with Crippen molar-refractivity contribution in [2.45, 2.75) is 5.92 Å². The van der Waals surface area contributed by atoms with Crippen molar-refractivity contribution in [1.29, 1.82) is 0 Å². The van der Waals surface area contributed by atoms with Gasteiger partial charge in [-0.15, -0.1) is 0 Å². The van der Waals surface area contributed by atoms with Crippen LogP contribution in [0.15, 0.2) is 61.0 Å². The van der Waals surface area contributed by atoms with Crippen LogP contribution in [0.2, 0.25) is 0 Å². The summed E-state index contributed by atoms with van der Waals surface area (Å²) in [7, 11) is 0. The highest BCUT2D eigenvalue weighted by molar-refractivity contribution is 5.78. The van der Waals surface area contributed by atoms with Crippen molar-refractivity contribution >= 4 is 0 Å². The minimum absolute atomic E-state index is 0.248. The van der Waals surface area contributed by atoms with Crippen molar-refractivity contribution in [3.63, 3.8) is 0 Å². The van der Waals surface area contributed by atoms with Crippen LogP contribution in [-0.2, 0) is 4.74 Å². The summed E-state index contributed by atoms with van der Waals surface area (Å²) in [4.78, 5) is 0. The van der Waals surface area contributed by atoms with E-state index in [1.165, 1.54) is 22.3 Å². The molecule has 90 valence electrons. The smallest absolute Gasteiger partial charge is 0.176 e. The van der Waals surface area contributed by atoms with E-state index in [9.17, 15) is 0 Å². The van der Waals surface area contributed by atoms with Crippen LogP contribution in [0.5, 0.6) is 0 Å². The molecule has 3 rings (SSSR count). The topological polar surface area (TPSA) is 35.2 Å². The first kappa shape index (κ1) is 10.9. The van der Waals surface area contributed by atoms with Gasteiger partial charge in [-0.1, -0.05) is 48.5 Å². The van der Waals surface area contributed by atoms with Gasteiger partial charge in [-0.25, -0.2) is 0 Å². The summed E-state index contributed by atoms with van der Waals surface area (Å²) < 4.78 is 5.42. The molecule has 0 saturated carbocycles. The molecule has 2 nitrogen and oxygen atoms in total. The molecule has 18 heavy (non-hydrogen) atoms. The van der Waals surface area contributed by atoms with Gasteiger partial charge in [0.2, 0.25) is 0 Å². The van der Waals surface area contributed by atoms with Gasteiger partial charge >= 0.3 is 0 Å². The molecule has 0 aliphatic heterocycles. The van der Waals surface area contributed by atoms with Gasteiger partial charge in [0.15, 0.2) is 5.88 Å². The lowest BCUT2D eigenvalue weighted by Gasteiger charge is -2.14. The second kappa shape index (κ2) is 4.22. The van der Waals surface area contributed by atoms with Crippen LogP contribution in [0.25, 0.3) is 11.1 Å². The number of hydrogen-bond acceptors (Lipinski definition) is 2. The molecule has 0 radical (unpaired) electrons. The SMILES string of the molecule is C=C(N)OCC1c2ccccc2-c2ccccc21. The third-order valence-electron chi connectivity index (χ3n) is 3.40. The molecule has 0 atom stereocenters. The predicted molar refractivity (Wildman–Crippen MR) is 73.0 cm³/mol. The van der Waals surface area contributed by atoms with Gasteiger partial charge in [0.1, 0.15) is 6.61 Å². The van der Waals surface area contributed by atoms with Crippen molar-refractivity contribution in [2.24, 2.45) is 5.73 Å². The number of ether oxygens (including phenoxy) is 1. The minimum atomic E-state index is 0.248. The maximum absolute atomic E-state index is 5.49. The van der Waals surface area contributed by atoms with Crippen LogP contribution in [0.1, 0.15) is 17.0 Å². The van der Waals surface area contributed by atoms with Crippen LogP contribution < -0.4 is 5.73 Å². The summed E-state index contributed by atoms with van der Waals surface area (Å²) in [5.41, 5.74) is 10.7. The van der Waals surface area contributed by atoms with Crippen molar-refractivity contribution < 1.29 is 4.74 Å². The Morgan fingerprint density at radius 2 is 1.50 bits per heavy atom. The van der Waals surface area contributed by atoms with Gasteiger partial charge in [0, 0.05) is 5.92 Å². The highest BCUT2D eigenvalue weighted by Gasteiger charge is 2.28. The van der Waals surface area contributed by atoms with Crippen molar-refractivity contribution in [3.8, 4) is 11.1 Å². The number of nitrogens with two attached hydrogens (primary N) is 1. The molecule has 2 aromatic rings. The lowest BCUT2D eigenvalue weighted by atomic mass is 9.98. The van der Waals surface area contributed by atoms with E-state index in [2.05, 4.69) is 55.1 Å². The average Bonchev–Trinajstić information content (AvgIpc) is 2.71. The lowest BCUT2D eigenvalue weighted by Crippen LogP contribution is -2.09. The number of fused-ring (bicyclic) bond motifs is 3. The molecular formula is C16H15NO. The Hall–Kier alpha value is -2.22. The Morgan fingerprint density at radius 1 is 1.00 bits per heavy atom. The van der Waals surface area contributed by atoms with E-state index in [4.69, 9.17) is 10.5 Å². The Labute approximate surface area is 107 Å². The monoisotopic (exact) mass is 237 g/mol. The fourth-order valence-electron chi connectivity index (χ4n) is 2.63. The van der Waals surface area contributed by atoms with Gasteiger partial charge in [-0.2, -0.15) is 0 Å². The molecule has 0 aromatic heterocycles. The highest BCUT2D eigenvalue weighted by atomic mass is 16.5. The average molecular weight is 237 g/mol. The summed E-state index contributed by atoms with van der Waals surface area (Å²) >= 11 is 0. The van der Waals surface area contributed by atoms with Crippen LogP contribution in [0.3, 0.4) is 0 Å². The third-order valence-corrected chi connectivity index (χ3v) is 3.40. The van der Waals surface area contributed by atoms with E-state index in [1.54, 1.807) is 0 Å². The van der Waals surface area contributed by atoms with Crippen LogP contribution in [-0.4, -0.2) is 6.61 Å². The Morgan fingerprint density at radius 3 is 2.00 bits per heavy atom.